The summed E-state index contributed by atoms with van der Waals surface area (Å²) in [5, 5.41) is 8.92. The Morgan fingerprint density at radius 1 is 1.17 bits per heavy atom. The molecule has 1 N–H and O–H groups in total. The van der Waals surface area contributed by atoms with Crippen LogP contribution in [0.15, 0.2) is 24.3 Å². The number of halogens is 3. The van der Waals surface area contributed by atoms with Crippen molar-refractivity contribution in [2.75, 3.05) is 0 Å². The third-order valence-electron chi connectivity index (χ3n) is 1.12. The van der Waals surface area contributed by atoms with Crippen molar-refractivity contribution < 1.29 is 18.1 Å². The van der Waals surface area contributed by atoms with Crippen LogP contribution in [-0.2, 0) is 0 Å². The van der Waals surface area contributed by atoms with E-state index in [9.17, 15) is 12.9 Å². The summed E-state index contributed by atoms with van der Waals surface area (Å²) in [6.07, 6.45) is 0. The molecule has 0 fully saturated rings. The van der Waals surface area contributed by atoms with Crippen LogP contribution in [-0.4, -0.2) is 12.7 Å². The summed E-state index contributed by atoms with van der Waals surface area (Å²) in [4.78, 5) is 0. The fourth-order valence-corrected chi connectivity index (χ4v) is 0.563. The number of phenols is 1. The lowest BCUT2D eigenvalue weighted by atomic mass is 10.2. The van der Waals surface area contributed by atoms with Gasteiger partial charge in [-0.15, -0.1) is 0 Å². The standard InChI is InChI=1S/C7H8O.BF3/c1-6-4-2-3-5-7(6)8;2-1(3)4/h2-5,8H,1H3;. The van der Waals surface area contributed by atoms with Crippen LogP contribution in [0, 0.1) is 6.92 Å². The van der Waals surface area contributed by atoms with E-state index in [4.69, 9.17) is 5.11 Å². The lowest BCUT2D eigenvalue weighted by Gasteiger charge is -1.92. The summed E-state index contributed by atoms with van der Waals surface area (Å²) in [7, 11) is -3.67. The van der Waals surface area contributed by atoms with Crippen LogP contribution in [0.4, 0.5) is 12.9 Å². The predicted octanol–water partition coefficient (Wildman–Crippen LogP) is 2.58. The topological polar surface area (TPSA) is 20.2 Å². The monoisotopic (exact) mass is 176 g/mol. The van der Waals surface area contributed by atoms with Crippen molar-refractivity contribution in [3.63, 3.8) is 0 Å². The minimum absolute atomic E-state index is 0.368. The van der Waals surface area contributed by atoms with Gasteiger partial charge in [-0.2, -0.15) is 0 Å². The first kappa shape index (κ1) is 10.9. The molecule has 0 heterocycles. The minimum atomic E-state index is -3.67. The highest BCUT2D eigenvalue weighted by Gasteiger charge is 2.06. The van der Waals surface area contributed by atoms with E-state index in [1.165, 1.54) is 0 Å². The number of aryl methyl sites for hydroxylation is 1. The lowest BCUT2D eigenvalue weighted by molar-refractivity contribution is 0.471. The Hall–Kier alpha value is -1.13. The second-order valence-electron chi connectivity index (χ2n) is 2.03. The van der Waals surface area contributed by atoms with Crippen molar-refractivity contribution in [3.8, 4) is 5.75 Å². The maximum absolute atomic E-state index is 9.67. The van der Waals surface area contributed by atoms with E-state index in [0.29, 0.717) is 5.75 Å². The zero-order valence-electron chi connectivity index (χ0n) is 6.47. The van der Waals surface area contributed by atoms with Gasteiger partial charge >= 0.3 is 7.54 Å². The first-order valence-electron chi connectivity index (χ1n) is 3.21. The van der Waals surface area contributed by atoms with Crippen molar-refractivity contribution in [1.29, 1.82) is 0 Å². The molecule has 5 heteroatoms. The quantitative estimate of drug-likeness (QED) is 0.602. The molecule has 0 saturated heterocycles. The number of hydrogen-bond acceptors (Lipinski definition) is 1. The van der Waals surface area contributed by atoms with Crippen LogP contribution in [0.1, 0.15) is 5.56 Å². The first-order valence-corrected chi connectivity index (χ1v) is 3.21. The number of phenolic OH excluding ortho intramolecular Hbond substituents is 1. The van der Waals surface area contributed by atoms with Crippen molar-refractivity contribution >= 4 is 7.54 Å². The molecule has 1 aromatic rings. The summed E-state index contributed by atoms with van der Waals surface area (Å²) in [6.45, 7) is 1.87. The lowest BCUT2D eigenvalue weighted by Crippen LogP contribution is -1.76. The third-order valence-corrected chi connectivity index (χ3v) is 1.12. The van der Waals surface area contributed by atoms with Crippen molar-refractivity contribution in [2.45, 2.75) is 6.92 Å². The highest BCUT2D eigenvalue weighted by Crippen LogP contribution is 2.12. The molecule has 0 aliphatic rings. The van der Waals surface area contributed by atoms with Gasteiger partial charge in [-0.05, 0) is 18.6 Å². The van der Waals surface area contributed by atoms with Gasteiger partial charge < -0.3 is 5.11 Å². The van der Waals surface area contributed by atoms with Gasteiger partial charge in [0.15, 0.2) is 0 Å². The Labute approximate surface area is 69.1 Å². The third kappa shape index (κ3) is 5.64. The molecular formula is C7H8BF3O. The first-order chi connectivity index (χ1) is 5.54. The minimum Gasteiger partial charge on any atom is -0.508 e. The van der Waals surface area contributed by atoms with Crippen LogP contribution in [0.3, 0.4) is 0 Å². The fourth-order valence-electron chi connectivity index (χ4n) is 0.563. The molecule has 0 bridgehead atoms. The zero-order chi connectivity index (χ0) is 9.56. The van der Waals surface area contributed by atoms with Gasteiger partial charge in [0, 0.05) is 0 Å². The van der Waals surface area contributed by atoms with Crippen LogP contribution in [0.2, 0.25) is 0 Å². The Kier molecular flexibility index (Phi) is 5.00. The predicted molar refractivity (Wildman–Crippen MR) is 41.9 cm³/mol. The highest BCUT2D eigenvalue weighted by atomic mass is 19.4. The van der Waals surface area contributed by atoms with E-state index < -0.39 is 7.54 Å². The van der Waals surface area contributed by atoms with E-state index in [2.05, 4.69) is 0 Å². The molecule has 0 unspecified atom stereocenters. The number of para-hydroxylation sites is 1. The van der Waals surface area contributed by atoms with Gasteiger partial charge in [0.2, 0.25) is 0 Å². The second kappa shape index (κ2) is 5.52. The molecule has 0 aliphatic carbocycles. The van der Waals surface area contributed by atoms with E-state index in [1.807, 2.05) is 25.1 Å². The van der Waals surface area contributed by atoms with Crippen LogP contribution in [0.5, 0.6) is 5.75 Å². The fraction of sp³-hybridized carbons (Fsp3) is 0.143. The van der Waals surface area contributed by atoms with Crippen molar-refractivity contribution in [3.05, 3.63) is 29.8 Å². The van der Waals surface area contributed by atoms with Crippen molar-refractivity contribution in [1.82, 2.24) is 0 Å². The molecule has 0 aromatic heterocycles. The van der Waals surface area contributed by atoms with Gasteiger partial charge in [-0.25, -0.2) is 0 Å². The Balaban J connectivity index is 0.000000261. The van der Waals surface area contributed by atoms with Gasteiger partial charge in [0.1, 0.15) is 5.75 Å². The summed E-state index contributed by atoms with van der Waals surface area (Å²) in [6, 6.07) is 7.25. The molecule has 12 heavy (non-hydrogen) atoms. The molecule has 66 valence electrons. The summed E-state index contributed by atoms with van der Waals surface area (Å²) in [5.41, 5.74) is 0.924. The Morgan fingerprint density at radius 2 is 1.58 bits per heavy atom. The molecule has 1 nitrogen and oxygen atoms in total. The average molecular weight is 176 g/mol. The number of aromatic hydroxyl groups is 1. The van der Waals surface area contributed by atoms with E-state index in [0.717, 1.165) is 5.56 Å². The summed E-state index contributed by atoms with van der Waals surface area (Å²) in [5.74, 6) is 0.368. The highest BCUT2D eigenvalue weighted by molar-refractivity contribution is 6.33. The maximum Gasteiger partial charge on any atom is 0.762 e. The Morgan fingerprint density at radius 3 is 1.83 bits per heavy atom. The molecule has 0 aliphatic heterocycles. The van der Waals surface area contributed by atoms with Gasteiger partial charge in [-0.1, -0.05) is 18.2 Å². The molecule has 0 atom stereocenters. The summed E-state index contributed by atoms with van der Waals surface area (Å²) < 4.78 is 29.0. The number of benzene rings is 1. The smallest absolute Gasteiger partial charge is 0.508 e. The normalized spacial score (nSPS) is 8.33. The maximum atomic E-state index is 9.67. The largest absolute Gasteiger partial charge is 0.762 e. The van der Waals surface area contributed by atoms with Crippen LogP contribution in [0.25, 0.3) is 0 Å². The van der Waals surface area contributed by atoms with Gasteiger partial charge in [0.25, 0.3) is 0 Å². The summed E-state index contributed by atoms with van der Waals surface area (Å²) >= 11 is 0. The van der Waals surface area contributed by atoms with Crippen LogP contribution >= 0.6 is 0 Å². The zero-order valence-corrected chi connectivity index (χ0v) is 6.47. The van der Waals surface area contributed by atoms with Crippen LogP contribution < -0.4 is 0 Å². The Bertz CT molecular complexity index is 206. The molecule has 0 radical (unpaired) electrons. The molecule has 0 saturated carbocycles. The van der Waals surface area contributed by atoms with E-state index in [-0.39, 0.29) is 0 Å². The van der Waals surface area contributed by atoms with E-state index in [1.54, 1.807) is 6.07 Å². The second-order valence-corrected chi connectivity index (χ2v) is 2.03. The SMILES string of the molecule is Cc1ccccc1O.FB(F)F. The van der Waals surface area contributed by atoms with Gasteiger partial charge in [0.05, 0.1) is 0 Å². The number of rotatable bonds is 0. The number of hydrogen-bond donors (Lipinski definition) is 1. The average Bonchev–Trinajstić information content (AvgIpc) is 1.94. The molecular weight excluding hydrogens is 168 g/mol. The van der Waals surface area contributed by atoms with Crippen molar-refractivity contribution in [2.24, 2.45) is 0 Å². The molecule has 0 amide bonds. The van der Waals surface area contributed by atoms with Gasteiger partial charge in [-0.3, -0.25) is 12.9 Å². The molecule has 0 spiro atoms. The molecule has 1 aromatic carbocycles. The molecule has 1 rings (SSSR count). The van der Waals surface area contributed by atoms with E-state index >= 15 is 0 Å².